The predicted octanol–water partition coefficient (Wildman–Crippen LogP) is 6.32. The van der Waals surface area contributed by atoms with Crippen LogP contribution < -0.4 is 9.64 Å². The minimum Gasteiger partial charge on any atom is -0.507 e. The number of rotatable bonds is 5. The lowest BCUT2D eigenvalue weighted by Crippen LogP contribution is -2.29. The Labute approximate surface area is 206 Å². The summed E-state index contributed by atoms with van der Waals surface area (Å²) in [4.78, 5) is 28.3. The van der Waals surface area contributed by atoms with Crippen LogP contribution in [0.25, 0.3) is 5.76 Å². The second kappa shape index (κ2) is 9.41. The lowest BCUT2D eigenvalue weighted by atomic mass is 9.84. The molecule has 1 aliphatic rings. The minimum absolute atomic E-state index is 0.0710. The van der Waals surface area contributed by atoms with E-state index >= 15 is 0 Å². The molecule has 5 heteroatoms. The van der Waals surface area contributed by atoms with E-state index in [9.17, 15) is 14.7 Å². The molecule has 1 heterocycles. The number of Topliss-reactive ketones (excluding diaryl/α,β-unsaturated/α-hetero) is 1. The van der Waals surface area contributed by atoms with Crippen LogP contribution in [0.4, 0.5) is 5.69 Å². The normalized spacial score (nSPS) is 17.6. The largest absolute Gasteiger partial charge is 0.507 e. The van der Waals surface area contributed by atoms with E-state index in [1.807, 2.05) is 74.5 Å². The van der Waals surface area contributed by atoms with E-state index in [2.05, 4.69) is 20.8 Å². The molecule has 4 rings (SSSR count). The van der Waals surface area contributed by atoms with Crippen molar-refractivity contribution in [2.45, 2.75) is 46.1 Å². The average molecular weight is 470 g/mol. The van der Waals surface area contributed by atoms with Gasteiger partial charge in [-0.3, -0.25) is 14.5 Å². The van der Waals surface area contributed by atoms with Crippen LogP contribution >= 0.6 is 0 Å². The molecule has 0 radical (unpaired) electrons. The van der Waals surface area contributed by atoms with Gasteiger partial charge >= 0.3 is 0 Å². The summed E-state index contributed by atoms with van der Waals surface area (Å²) in [6.45, 7) is 10.5. The molecule has 0 aromatic heterocycles. The number of hydrogen-bond acceptors (Lipinski definition) is 4. The molecule has 1 amide bonds. The van der Waals surface area contributed by atoms with Crippen molar-refractivity contribution in [3.05, 3.63) is 101 Å². The minimum atomic E-state index is -0.796. The number of aliphatic hydroxyl groups is 1. The van der Waals surface area contributed by atoms with Gasteiger partial charge in [0.05, 0.1) is 18.2 Å². The van der Waals surface area contributed by atoms with Gasteiger partial charge in [0, 0.05) is 11.3 Å². The zero-order valence-corrected chi connectivity index (χ0v) is 20.8. The highest BCUT2D eigenvalue weighted by Gasteiger charge is 2.47. The van der Waals surface area contributed by atoms with Crippen LogP contribution in [0.5, 0.6) is 5.75 Å². The Morgan fingerprint density at radius 2 is 1.69 bits per heavy atom. The van der Waals surface area contributed by atoms with E-state index in [1.54, 1.807) is 12.1 Å². The molecule has 180 valence electrons. The molecule has 1 fully saturated rings. The summed E-state index contributed by atoms with van der Waals surface area (Å²) in [7, 11) is 0. The second-order valence-corrected chi connectivity index (χ2v) is 9.79. The molecule has 0 spiro atoms. The molecule has 3 aromatic carbocycles. The Morgan fingerprint density at radius 3 is 2.34 bits per heavy atom. The number of amides is 1. The third kappa shape index (κ3) is 4.59. The summed E-state index contributed by atoms with van der Waals surface area (Å²) >= 11 is 0. The number of aryl methyl sites for hydroxylation is 1. The zero-order valence-electron chi connectivity index (χ0n) is 20.8. The van der Waals surface area contributed by atoms with Crippen LogP contribution in [0, 0.1) is 6.92 Å². The smallest absolute Gasteiger partial charge is 0.300 e. The first-order valence-electron chi connectivity index (χ1n) is 11.8. The monoisotopic (exact) mass is 469 g/mol. The number of benzene rings is 3. The number of aliphatic hydroxyl groups excluding tert-OH is 1. The third-order valence-corrected chi connectivity index (χ3v) is 6.32. The summed E-state index contributed by atoms with van der Waals surface area (Å²) in [5.74, 6) is -0.917. The molecular weight excluding hydrogens is 438 g/mol. The van der Waals surface area contributed by atoms with Crippen LogP contribution in [0.1, 0.15) is 56.0 Å². The van der Waals surface area contributed by atoms with Gasteiger partial charge in [-0.15, -0.1) is 0 Å². The summed E-state index contributed by atoms with van der Waals surface area (Å²) in [5, 5.41) is 11.6. The van der Waals surface area contributed by atoms with Gasteiger partial charge in [-0.25, -0.2) is 0 Å². The summed E-state index contributed by atoms with van der Waals surface area (Å²) in [6, 6.07) is 21.5. The molecule has 5 nitrogen and oxygen atoms in total. The Morgan fingerprint density at radius 1 is 0.971 bits per heavy atom. The first-order chi connectivity index (χ1) is 16.6. The van der Waals surface area contributed by atoms with E-state index in [4.69, 9.17) is 4.74 Å². The quantitative estimate of drug-likeness (QED) is 0.270. The van der Waals surface area contributed by atoms with E-state index < -0.39 is 17.7 Å². The first-order valence-corrected chi connectivity index (χ1v) is 11.8. The highest BCUT2D eigenvalue weighted by atomic mass is 16.5. The zero-order chi connectivity index (χ0) is 25.3. The van der Waals surface area contributed by atoms with Crippen LogP contribution in [0.3, 0.4) is 0 Å². The van der Waals surface area contributed by atoms with Crippen LogP contribution in [-0.4, -0.2) is 23.4 Å². The summed E-state index contributed by atoms with van der Waals surface area (Å²) in [5.41, 5.74) is 3.59. The van der Waals surface area contributed by atoms with Crippen molar-refractivity contribution in [1.29, 1.82) is 0 Å². The maximum atomic E-state index is 13.5. The van der Waals surface area contributed by atoms with Crippen molar-refractivity contribution in [3.63, 3.8) is 0 Å². The number of carbonyl (C=O) groups excluding carboxylic acids is 2. The Kier molecular flexibility index (Phi) is 6.53. The van der Waals surface area contributed by atoms with Gasteiger partial charge < -0.3 is 9.84 Å². The van der Waals surface area contributed by atoms with E-state index in [0.29, 0.717) is 29.2 Å². The Balaban J connectivity index is 1.97. The fourth-order valence-corrected chi connectivity index (χ4v) is 4.43. The van der Waals surface area contributed by atoms with Crippen LogP contribution in [-0.2, 0) is 15.0 Å². The van der Waals surface area contributed by atoms with Crippen LogP contribution in [0.2, 0.25) is 0 Å². The van der Waals surface area contributed by atoms with E-state index in [-0.39, 0.29) is 16.7 Å². The van der Waals surface area contributed by atoms with Crippen molar-refractivity contribution in [2.24, 2.45) is 0 Å². The van der Waals surface area contributed by atoms with Gasteiger partial charge in [-0.05, 0) is 66.3 Å². The van der Waals surface area contributed by atoms with Crippen molar-refractivity contribution in [3.8, 4) is 5.75 Å². The number of anilines is 1. The van der Waals surface area contributed by atoms with Crippen molar-refractivity contribution >= 4 is 23.1 Å². The molecule has 0 aliphatic carbocycles. The lowest BCUT2D eigenvalue weighted by Gasteiger charge is -2.26. The maximum Gasteiger partial charge on any atom is 0.300 e. The number of carbonyl (C=O) groups is 2. The fraction of sp³-hybridized carbons (Fsp3) is 0.267. The van der Waals surface area contributed by atoms with Crippen molar-refractivity contribution < 1.29 is 19.4 Å². The van der Waals surface area contributed by atoms with Crippen LogP contribution in [0.15, 0.2) is 78.4 Å². The fourth-order valence-electron chi connectivity index (χ4n) is 4.43. The molecule has 3 aromatic rings. The number of nitrogens with zero attached hydrogens (tertiary/aromatic N) is 1. The molecule has 1 aliphatic heterocycles. The number of ether oxygens (including phenoxy) is 1. The predicted molar refractivity (Wildman–Crippen MR) is 139 cm³/mol. The molecule has 0 saturated carbocycles. The molecule has 1 unspecified atom stereocenters. The van der Waals surface area contributed by atoms with Gasteiger partial charge in [0.1, 0.15) is 11.5 Å². The van der Waals surface area contributed by atoms with E-state index in [1.165, 1.54) is 4.90 Å². The number of para-hydroxylation sites is 1. The lowest BCUT2D eigenvalue weighted by molar-refractivity contribution is -0.132. The number of ketones is 1. The molecular formula is C30H31NO4. The van der Waals surface area contributed by atoms with Gasteiger partial charge in [0.25, 0.3) is 11.7 Å². The standard InChI is InChI=1S/C30H31NO4/c1-6-35-23-14-10-11-20(17-23)26-25(28(33)29(34)31(26)22-12-8-7-9-13-22)27(32)24-18-21(30(3,4)5)16-15-19(24)2/h7-18,26,32H,6H2,1-5H3/b27-25+. The Bertz CT molecular complexity index is 1300. The van der Waals surface area contributed by atoms with Gasteiger partial charge in [0.15, 0.2) is 0 Å². The topological polar surface area (TPSA) is 66.8 Å². The average Bonchev–Trinajstić information content (AvgIpc) is 3.09. The molecule has 1 saturated heterocycles. The van der Waals surface area contributed by atoms with Gasteiger partial charge in [-0.1, -0.05) is 63.2 Å². The molecule has 0 bridgehead atoms. The first kappa shape index (κ1) is 24.3. The third-order valence-electron chi connectivity index (χ3n) is 6.32. The highest BCUT2D eigenvalue weighted by molar-refractivity contribution is 6.51. The summed E-state index contributed by atoms with van der Waals surface area (Å²) < 4.78 is 5.69. The van der Waals surface area contributed by atoms with Crippen molar-refractivity contribution in [1.82, 2.24) is 0 Å². The molecule has 35 heavy (non-hydrogen) atoms. The van der Waals surface area contributed by atoms with Gasteiger partial charge in [0.2, 0.25) is 0 Å². The molecule has 1 N–H and O–H groups in total. The van der Waals surface area contributed by atoms with Gasteiger partial charge in [-0.2, -0.15) is 0 Å². The number of hydrogen-bond donors (Lipinski definition) is 1. The van der Waals surface area contributed by atoms with E-state index in [0.717, 1.165) is 11.1 Å². The second-order valence-electron chi connectivity index (χ2n) is 9.79. The van der Waals surface area contributed by atoms with Crippen molar-refractivity contribution in [2.75, 3.05) is 11.5 Å². The molecule has 1 atom stereocenters. The maximum absolute atomic E-state index is 13.5. The SMILES string of the molecule is CCOc1cccc(C2/C(=C(\O)c3cc(C(C)(C)C)ccc3C)C(=O)C(=O)N2c2ccccc2)c1. The Hall–Kier alpha value is -3.86. The highest BCUT2D eigenvalue weighted by Crippen LogP contribution is 2.43. The summed E-state index contributed by atoms with van der Waals surface area (Å²) in [6.07, 6.45) is 0.